The van der Waals surface area contributed by atoms with Gasteiger partial charge in [-0.1, -0.05) is 0 Å². The van der Waals surface area contributed by atoms with Gasteiger partial charge in [0.25, 0.3) is 0 Å². The molecule has 116 valence electrons. The van der Waals surface area contributed by atoms with E-state index in [1.54, 1.807) is 11.5 Å². The summed E-state index contributed by atoms with van der Waals surface area (Å²) in [6.07, 6.45) is 6.17. The minimum Gasteiger partial charge on any atom is -0.481 e. The largest absolute Gasteiger partial charge is 0.481 e. The molecular weight excluding hydrogens is 288 g/mol. The van der Waals surface area contributed by atoms with Gasteiger partial charge in [-0.05, 0) is 45.8 Å². The molecule has 0 spiro atoms. The lowest BCUT2D eigenvalue weighted by molar-refractivity contribution is -0.136. The van der Waals surface area contributed by atoms with Crippen LogP contribution in [0, 0.1) is 13.8 Å². The highest BCUT2D eigenvalue weighted by Crippen LogP contribution is 2.33. The Labute approximate surface area is 128 Å². The zero-order valence-corrected chi connectivity index (χ0v) is 13.6. The number of hydrogen-bond donors (Lipinski definition) is 1. The molecule has 0 atom stereocenters. The third-order valence-electron chi connectivity index (χ3n) is 4.37. The van der Waals surface area contributed by atoms with E-state index in [-0.39, 0.29) is 18.2 Å². The lowest BCUT2D eigenvalue weighted by atomic mass is 9.94. The second kappa shape index (κ2) is 6.64. The Morgan fingerprint density at radius 3 is 2.48 bits per heavy atom. The van der Waals surface area contributed by atoms with Crippen LogP contribution in [0.3, 0.4) is 0 Å². The van der Waals surface area contributed by atoms with Gasteiger partial charge >= 0.3 is 11.7 Å². The first-order valence-electron chi connectivity index (χ1n) is 7.27. The summed E-state index contributed by atoms with van der Waals surface area (Å²) in [5, 5.41) is 9.71. The summed E-state index contributed by atoms with van der Waals surface area (Å²) in [7, 11) is 0. The van der Waals surface area contributed by atoms with Crippen LogP contribution >= 0.6 is 11.8 Å². The van der Waals surface area contributed by atoms with E-state index in [4.69, 9.17) is 5.11 Å². The average Bonchev–Trinajstić information content (AvgIpc) is 2.44. The number of thioether (sulfide) groups is 1. The summed E-state index contributed by atoms with van der Waals surface area (Å²) in [6, 6.07) is 0.154. The van der Waals surface area contributed by atoms with Crippen molar-refractivity contribution in [3.8, 4) is 0 Å². The van der Waals surface area contributed by atoms with Gasteiger partial charge in [-0.15, -0.1) is 0 Å². The smallest absolute Gasteiger partial charge is 0.348 e. The Hall–Kier alpha value is -1.30. The fraction of sp³-hybridized carbons (Fsp3) is 0.667. The Bertz CT molecular complexity index is 589. The van der Waals surface area contributed by atoms with Crippen LogP contribution in [-0.2, 0) is 11.2 Å². The average molecular weight is 310 g/mol. The van der Waals surface area contributed by atoms with Gasteiger partial charge < -0.3 is 5.11 Å². The van der Waals surface area contributed by atoms with Crippen molar-refractivity contribution >= 4 is 17.7 Å². The maximum absolute atomic E-state index is 12.2. The number of aromatic nitrogens is 2. The molecule has 5 nitrogen and oxygen atoms in total. The van der Waals surface area contributed by atoms with Crippen LogP contribution in [0.4, 0.5) is 0 Å². The topological polar surface area (TPSA) is 72.2 Å². The van der Waals surface area contributed by atoms with Crippen LogP contribution in [0.25, 0.3) is 0 Å². The number of carboxylic acid groups (broad SMARTS) is 1. The predicted molar refractivity (Wildman–Crippen MR) is 84.1 cm³/mol. The molecule has 0 aliphatic heterocycles. The van der Waals surface area contributed by atoms with Crippen molar-refractivity contribution < 1.29 is 9.90 Å². The van der Waals surface area contributed by atoms with Gasteiger partial charge in [-0.25, -0.2) is 4.79 Å². The summed E-state index contributed by atoms with van der Waals surface area (Å²) in [5.74, 6) is -0.890. The molecule has 1 aromatic rings. The molecule has 1 fully saturated rings. The van der Waals surface area contributed by atoms with Crippen LogP contribution in [0.1, 0.15) is 48.7 Å². The van der Waals surface area contributed by atoms with Crippen molar-refractivity contribution in [2.75, 3.05) is 6.26 Å². The number of carbonyl (C=O) groups is 1. The summed E-state index contributed by atoms with van der Waals surface area (Å²) in [6.45, 7) is 3.55. The van der Waals surface area contributed by atoms with E-state index in [9.17, 15) is 9.59 Å². The quantitative estimate of drug-likeness (QED) is 0.924. The minimum atomic E-state index is -0.890. The Morgan fingerprint density at radius 1 is 1.33 bits per heavy atom. The maximum Gasteiger partial charge on any atom is 0.348 e. The first-order chi connectivity index (χ1) is 9.93. The molecule has 1 heterocycles. The van der Waals surface area contributed by atoms with E-state index in [0.29, 0.717) is 16.5 Å². The van der Waals surface area contributed by atoms with E-state index < -0.39 is 5.97 Å². The van der Waals surface area contributed by atoms with Crippen LogP contribution in [0.15, 0.2) is 4.79 Å². The van der Waals surface area contributed by atoms with E-state index in [2.05, 4.69) is 11.2 Å². The van der Waals surface area contributed by atoms with Crippen molar-refractivity contribution in [1.82, 2.24) is 9.55 Å². The summed E-state index contributed by atoms with van der Waals surface area (Å²) >= 11 is 1.88. The van der Waals surface area contributed by atoms with Gasteiger partial charge in [-0.3, -0.25) is 9.36 Å². The van der Waals surface area contributed by atoms with E-state index in [1.807, 2.05) is 18.7 Å². The fourth-order valence-electron chi connectivity index (χ4n) is 3.19. The van der Waals surface area contributed by atoms with E-state index >= 15 is 0 Å². The molecule has 0 bridgehead atoms. The highest BCUT2D eigenvalue weighted by Gasteiger charge is 2.25. The third-order valence-corrected chi connectivity index (χ3v) is 5.51. The number of hydrogen-bond acceptors (Lipinski definition) is 4. The number of aryl methyl sites for hydroxylation is 1. The predicted octanol–water partition coefficient (Wildman–Crippen LogP) is 2.33. The van der Waals surface area contributed by atoms with Crippen molar-refractivity contribution in [2.45, 2.75) is 57.2 Å². The molecule has 1 aliphatic carbocycles. The zero-order chi connectivity index (χ0) is 15.6. The van der Waals surface area contributed by atoms with Gasteiger partial charge in [-0.2, -0.15) is 16.7 Å². The highest BCUT2D eigenvalue weighted by atomic mass is 32.2. The normalized spacial score (nSPS) is 22.2. The molecule has 2 rings (SSSR count). The summed E-state index contributed by atoms with van der Waals surface area (Å²) in [4.78, 5) is 27.3. The van der Waals surface area contributed by atoms with Gasteiger partial charge in [0.2, 0.25) is 0 Å². The van der Waals surface area contributed by atoms with Gasteiger partial charge in [0.15, 0.2) is 0 Å². The Morgan fingerprint density at radius 2 is 1.95 bits per heavy atom. The molecule has 1 N–H and O–H groups in total. The van der Waals surface area contributed by atoms with Crippen LogP contribution in [0.5, 0.6) is 0 Å². The number of aliphatic carboxylic acids is 1. The van der Waals surface area contributed by atoms with Gasteiger partial charge in [0.05, 0.1) is 6.42 Å². The molecule has 1 saturated carbocycles. The highest BCUT2D eigenvalue weighted by molar-refractivity contribution is 7.99. The number of nitrogens with zero attached hydrogens (tertiary/aromatic N) is 2. The second-order valence-corrected chi connectivity index (χ2v) is 6.79. The minimum absolute atomic E-state index is 0.0783. The van der Waals surface area contributed by atoms with Gasteiger partial charge in [0.1, 0.15) is 0 Å². The molecule has 0 amide bonds. The molecule has 0 unspecified atom stereocenters. The molecule has 0 aromatic carbocycles. The second-order valence-electron chi connectivity index (χ2n) is 5.65. The lowest BCUT2D eigenvalue weighted by Crippen LogP contribution is -2.33. The Balaban J connectivity index is 2.35. The monoisotopic (exact) mass is 310 g/mol. The third kappa shape index (κ3) is 3.48. The molecule has 0 saturated heterocycles. The maximum atomic E-state index is 12.2. The van der Waals surface area contributed by atoms with Crippen LogP contribution < -0.4 is 5.69 Å². The van der Waals surface area contributed by atoms with Crippen LogP contribution in [0.2, 0.25) is 0 Å². The van der Waals surface area contributed by atoms with Crippen molar-refractivity contribution in [2.24, 2.45) is 0 Å². The first kappa shape index (κ1) is 16.1. The first-order valence-corrected chi connectivity index (χ1v) is 8.56. The summed E-state index contributed by atoms with van der Waals surface area (Å²) < 4.78 is 1.72. The summed E-state index contributed by atoms with van der Waals surface area (Å²) in [5.41, 5.74) is 1.73. The van der Waals surface area contributed by atoms with Gasteiger partial charge in [0, 0.05) is 28.2 Å². The van der Waals surface area contributed by atoms with Crippen LogP contribution in [-0.4, -0.2) is 32.1 Å². The number of carboxylic acids is 1. The van der Waals surface area contributed by atoms with Crippen molar-refractivity contribution in [3.05, 3.63) is 27.4 Å². The Kier molecular flexibility index (Phi) is 5.08. The number of rotatable bonds is 4. The SMILES string of the molecule is CSC1CCC(n2c(C)c(CC(=O)O)c(C)nc2=O)CC1. The standard InChI is InChI=1S/C15H22N2O3S/c1-9-13(8-14(18)19)10(2)17(15(20)16-9)11-4-6-12(21-3)7-5-11/h11-12H,4-8H2,1-3H3,(H,18,19). The molecule has 6 heteroatoms. The molecule has 1 aromatic heterocycles. The van der Waals surface area contributed by atoms with E-state index in [1.165, 1.54) is 0 Å². The van der Waals surface area contributed by atoms with Crippen molar-refractivity contribution in [3.63, 3.8) is 0 Å². The molecule has 1 aliphatic rings. The zero-order valence-electron chi connectivity index (χ0n) is 12.8. The van der Waals surface area contributed by atoms with Crippen molar-refractivity contribution in [1.29, 1.82) is 0 Å². The fourth-order valence-corrected chi connectivity index (χ4v) is 3.94. The lowest BCUT2D eigenvalue weighted by Gasteiger charge is -2.30. The molecule has 21 heavy (non-hydrogen) atoms. The van der Waals surface area contributed by atoms with E-state index in [0.717, 1.165) is 31.4 Å². The molecule has 0 radical (unpaired) electrons. The molecular formula is C15H22N2O3S.